The van der Waals surface area contributed by atoms with Gasteiger partial charge in [0.15, 0.2) is 5.43 Å². The van der Waals surface area contributed by atoms with Crippen LogP contribution in [0, 0.1) is 0 Å². The number of H-pyrrole nitrogens is 1. The van der Waals surface area contributed by atoms with E-state index in [4.69, 9.17) is 11.6 Å². The van der Waals surface area contributed by atoms with E-state index >= 15 is 0 Å². The fourth-order valence-corrected chi connectivity index (χ4v) is 1.98. The largest absolute Gasteiger partial charge is 0.367 e. The van der Waals surface area contributed by atoms with E-state index in [0.717, 1.165) is 5.56 Å². The highest BCUT2D eigenvalue weighted by molar-refractivity contribution is 6.30. The molecule has 1 N–H and O–H groups in total. The highest BCUT2D eigenvalue weighted by Crippen LogP contribution is 2.12. The minimum absolute atomic E-state index is 0.132. The average Bonchev–Trinajstić information content (AvgIpc) is 2.38. The van der Waals surface area contributed by atoms with E-state index in [9.17, 15) is 9.59 Å². The number of nitrogens with one attached hydrogen (secondary N) is 1. The number of hydrogen-bond acceptors (Lipinski definition) is 2. The predicted octanol–water partition coefficient (Wildman–Crippen LogP) is 2.30. The molecule has 0 saturated heterocycles. The van der Waals surface area contributed by atoms with E-state index in [1.807, 2.05) is 12.1 Å². The van der Waals surface area contributed by atoms with E-state index < -0.39 is 0 Å². The summed E-state index contributed by atoms with van der Waals surface area (Å²) in [6.45, 7) is 0.397. The highest BCUT2D eigenvalue weighted by Gasteiger charge is 2.14. The van der Waals surface area contributed by atoms with E-state index in [1.165, 1.54) is 23.4 Å². The lowest BCUT2D eigenvalue weighted by atomic mass is 10.2. The second kappa shape index (κ2) is 5.71. The van der Waals surface area contributed by atoms with E-state index in [1.54, 1.807) is 19.2 Å². The summed E-state index contributed by atoms with van der Waals surface area (Å²) in [6.07, 6.45) is 2.91. The monoisotopic (exact) mass is 276 g/mol. The van der Waals surface area contributed by atoms with Crippen LogP contribution in [-0.4, -0.2) is 22.8 Å². The highest BCUT2D eigenvalue weighted by atomic mass is 35.5. The molecule has 1 aromatic carbocycles. The van der Waals surface area contributed by atoms with E-state index in [-0.39, 0.29) is 16.9 Å². The number of nitrogens with zero attached hydrogens (tertiary/aromatic N) is 1. The Morgan fingerprint density at radius 3 is 2.84 bits per heavy atom. The molecule has 5 heteroatoms. The van der Waals surface area contributed by atoms with Crippen molar-refractivity contribution in [2.75, 3.05) is 7.05 Å². The number of pyridine rings is 1. The van der Waals surface area contributed by atoms with Crippen molar-refractivity contribution in [3.8, 4) is 0 Å². The van der Waals surface area contributed by atoms with Crippen molar-refractivity contribution in [2.24, 2.45) is 0 Å². The SMILES string of the molecule is CN(Cc1cccc(Cl)c1)C(=O)c1c[nH]ccc1=O. The summed E-state index contributed by atoms with van der Waals surface area (Å²) >= 11 is 5.89. The Morgan fingerprint density at radius 1 is 1.37 bits per heavy atom. The molecule has 0 spiro atoms. The molecular weight excluding hydrogens is 264 g/mol. The van der Waals surface area contributed by atoms with Crippen molar-refractivity contribution in [1.82, 2.24) is 9.88 Å². The smallest absolute Gasteiger partial charge is 0.259 e. The lowest BCUT2D eigenvalue weighted by Crippen LogP contribution is -2.30. The molecule has 98 valence electrons. The molecule has 1 amide bonds. The van der Waals surface area contributed by atoms with Crippen LogP contribution >= 0.6 is 11.6 Å². The van der Waals surface area contributed by atoms with Gasteiger partial charge in [0.05, 0.1) is 0 Å². The van der Waals surface area contributed by atoms with Crippen LogP contribution in [0.25, 0.3) is 0 Å². The molecule has 2 rings (SSSR count). The number of rotatable bonds is 3. The van der Waals surface area contributed by atoms with Crippen molar-refractivity contribution >= 4 is 17.5 Å². The van der Waals surface area contributed by atoms with Gasteiger partial charge in [0, 0.05) is 37.1 Å². The Labute approximate surface area is 115 Å². The van der Waals surface area contributed by atoms with Crippen LogP contribution in [0.15, 0.2) is 47.5 Å². The molecule has 0 aliphatic heterocycles. The second-order valence-electron chi connectivity index (χ2n) is 4.21. The quantitative estimate of drug-likeness (QED) is 0.935. The fourth-order valence-electron chi connectivity index (χ4n) is 1.77. The molecule has 0 fully saturated rings. The molecule has 4 nitrogen and oxygen atoms in total. The standard InChI is InChI=1S/C14H13ClN2O2/c1-17(9-10-3-2-4-11(15)7-10)14(19)12-8-16-6-5-13(12)18/h2-8H,9H2,1H3,(H,16,18). The number of amides is 1. The van der Waals surface area contributed by atoms with Crippen molar-refractivity contribution in [2.45, 2.75) is 6.54 Å². The summed E-state index contributed by atoms with van der Waals surface area (Å²) in [5.41, 5.74) is 0.754. The maximum atomic E-state index is 12.1. The molecule has 0 radical (unpaired) electrons. The third-order valence-electron chi connectivity index (χ3n) is 2.71. The average molecular weight is 277 g/mol. The van der Waals surface area contributed by atoms with Crippen molar-refractivity contribution in [3.63, 3.8) is 0 Å². The Kier molecular flexibility index (Phi) is 4.02. The van der Waals surface area contributed by atoms with Crippen molar-refractivity contribution in [3.05, 3.63) is 69.1 Å². The lowest BCUT2D eigenvalue weighted by Gasteiger charge is -2.17. The number of carbonyl (C=O) groups is 1. The van der Waals surface area contributed by atoms with Gasteiger partial charge in [-0.25, -0.2) is 0 Å². The van der Waals surface area contributed by atoms with Crippen LogP contribution in [0.5, 0.6) is 0 Å². The third-order valence-corrected chi connectivity index (χ3v) is 2.95. The summed E-state index contributed by atoms with van der Waals surface area (Å²) in [5.74, 6) is -0.318. The van der Waals surface area contributed by atoms with Gasteiger partial charge in [-0.15, -0.1) is 0 Å². The second-order valence-corrected chi connectivity index (χ2v) is 4.65. The molecule has 1 heterocycles. The summed E-state index contributed by atoms with van der Waals surface area (Å²) in [7, 11) is 1.65. The fraction of sp³-hybridized carbons (Fsp3) is 0.143. The first-order valence-electron chi connectivity index (χ1n) is 5.75. The number of aromatic amines is 1. The maximum absolute atomic E-state index is 12.1. The summed E-state index contributed by atoms with van der Waals surface area (Å²) in [5, 5.41) is 0.621. The minimum Gasteiger partial charge on any atom is -0.367 e. The lowest BCUT2D eigenvalue weighted by molar-refractivity contribution is 0.0783. The van der Waals surface area contributed by atoms with Gasteiger partial charge < -0.3 is 9.88 Å². The molecule has 0 aliphatic carbocycles. The zero-order valence-corrected chi connectivity index (χ0v) is 11.1. The molecule has 0 saturated carbocycles. The van der Waals surface area contributed by atoms with Crippen LogP contribution in [0.3, 0.4) is 0 Å². The van der Waals surface area contributed by atoms with E-state index in [0.29, 0.717) is 11.6 Å². The first kappa shape index (κ1) is 13.4. The molecule has 1 aromatic heterocycles. The van der Waals surface area contributed by atoms with Crippen LogP contribution in [0.1, 0.15) is 15.9 Å². The van der Waals surface area contributed by atoms with Crippen molar-refractivity contribution < 1.29 is 4.79 Å². The molecule has 0 atom stereocenters. The summed E-state index contributed by atoms with van der Waals surface area (Å²) in [4.78, 5) is 27.9. The van der Waals surface area contributed by atoms with Crippen LogP contribution in [0.2, 0.25) is 5.02 Å². The number of benzene rings is 1. The Bertz CT molecular complexity index is 652. The zero-order valence-electron chi connectivity index (χ0n) is 10.4. The van der Waals surface area contributed by atoms with Crippen LogP contribution in [-0.2, 0) is 6.54 Å². The Hall–Kier alpha value is -2.07. The topological polar surface area (TPSA) is 53.2 Å². The first-order valence-corrected chi connectivity index (χ1v) is 6.13. The van der Waals surface area contributed by atoms with Crippen LogP contribution in [0.4, 0.5) is 0 Å². The molecular formula is C14H13ClN2O2. The molecule has 19 heavy (non-hydrogen) atoms. The van der Waals surface area contributed by atoms with Gasteiger partial charge in [-0.1, -0.05) is 23.7 Å². The molecule has 0 aliphatic rings. The molecule has 0 bridgehead atoms. The molecule has 0 unspecified atom stereocenters. The normalized spacial score (nSPS) is 10.2. The third kappa shape index (κ3) is 3.23. The van der Waals surface area contributed by atoms with Gasteiger partial charge >= 0.3 is 0 Å². The number of aromatic nitrogens is 1. The van der Waals surface area contributed by atoms with Gasteiger partial charge in [0.1, 0.15) is 5.56 Å². The van der Waals surface area contributed by atoms with E-state index in [2.05, 4.69) is 4.98 Å². The maximum Gasteiger partial charge on any atom is 0.259 e. The summed E-state index contributed by atoms with van der Waals surface area (Å²) < 4.78 is 0. The summed E-state index contributed by atoms with van der Waals surface area (Å²) in [6, 6.07) is 8.60. The molecule has 2 aromatic rings. The number of halogens is 1. The van der Waals surface area contributed by atoms with Gasteiger partial charge in [-0.05, 0) is 17.7 Å². The van der Waals surface area contributed by atoms with Gasteiger partial charge in [-0.2, -0.15) is 0 Å². The van der Waals surface area contributed by atoms with Crippen molar-refractivity contribution in [1.29, 1.82) is 0 Å². The number of carbonyl (C=O) groups excluding carboxylic acids is 1. The minimum atomic E-state index is -0.318. The van der Waals surface area contributed by atoms with Gasteiger partial charge in [0.2, 0.25) is 0 Å². The first-order chi connectivity index (χ1) is 9.08. The van der Waals surface area contributed by atoms with Gasteiger partial charge in [-0.3, -0.25) is 9.59 Å². The van der Waals surface area contributed by atoms with Gasteiger partial charge in [0.25, 0.3) is 5.91 Å². The Balaban J connectivity index is 2.17. The van der Waals surface area contributed by atoms with Crippen LogP contribution < -0.4 is 5.43 Å². The number of hydrogen-bond donors (Lipinski definition) is 1. The Morgan fingerprint density at radius 2 is 2.16 bits per heavy atom. The predicted molar refractivity (Wildman–Crippen MR) is 74.3 cm³/mol. The zero-order chi connectivity index (χ0) is 13.8.